The summed E-state index contributed by atoms with van der Waals surface area (Å²) in [6.07, 6.45) is 3.01. The van der Waals surface area contributed by atoms with E-state index in [-0.39, 0.29) is 0 Å². The monoisotopic (exact) mass is 244 g/mol. The maximum Gasteiger partial charge on any atom is 0.294 e. The highest BCUT2D eigenvalue weighted by atomic mass is 16.4. The van der Waals surface area contributed by atoms with Crippen LogP contribution in [0.2, 0.25) is 0 Å². The molecule has 0 aliphatic heterocycles. The van der Waals surface area contributed by atoms with E-state index in [0.29, 0.717) is 6.01 Å². The Morgan fingerprint density at radius 1 is 1.11 bits per heavy atom. The topological polar surface area (TPSA) is 38.1 Å². The minimum Gasteiger partial charge on any atom is -0.429 e. The van der Waals surface area contributed by atoms with Crippen molar-refractivity contribution in [3.05, 3.63) is 46.8 Å². The predicted molar refractivity (Wildman–Crippen MR) is 74.0 cm³/mol. The van der Waals surface area contributed by atoms with Gasteiger partial charge in [-0.25, -0.2) is 0 Å². The minimum absolute atomic E-state index is 0.601. The number of benzene rings is 1. The van der Waals surface area contributed by atoms with E-state index < -0.39 is 0 Å². The van der Waals surface area contributed by atoms with Gasteiger partial charge in [0.25, 0.3) is 6.01 Å². The van der Waals surface area contributed by atoms with E-state index in [1.165, 1.54) is 11.1 Å². The highest BCUT2D eigenvalue weighted by molar-refractivity contribution is 5.26. The van der Waals surface area contributed by atoms with E-state index in [1.54, 1.807) is 0 Å². The quantitative estimate of drug-likeness (QED) is 0.876. The van der Waals surface area contributed by atoms with Gasteiger partial charge >= 0.3 is 0 Å². The van der Waals surface area contributed by atoms with Crippen molar-refractivity contribution in [1.29, 1.82) is 0 Å². The van der Waals surface area contributed by atoms with Crippen LogP contribution in [0.5, 0.6) is 0 Å². The van der Waals surface area contributed by atoms with Crippen LogP contribution in [0.25, 0.3) is 0 Å². The Morgan fingerprint density at radius 3 is 2.33 bits per heavy atom. The maximum atomic E-state index is 5.47. The van der Waals surface area contributed by atoms with Crippen LogP contribution >= 0.6 is 0 Å². The first-order valence-electron chi connectivity index (χ1n) is 6.44. The third-order valence-electron chi connectivity index (χ3n) is 3.19. The van der Waals surface area contributed by atoms with Crippen molar-refractivity contribution in [3.63, 3.8) is 0 Å². The SMILES string of the molecule is CCc1ccc(CCc2nc(NC)oc2C)cc1. The van der Waals surface area contributed by atoms with E-state index >= 15 is 0 Å². The maximum absolute atomic E-state index is 5.47. The number of rotatable bonds is 5. The second-order valence-corrected chi connectivity index (χ2v) is 4.44. The Bertz CT molecular complexity index is 500. The lowest BCUT2D eigenvalue weighted by Gasteiger charge is -2.01. The van der Waals surface area contributed by atoms with Crippen molar-refractivity contribution in [2.75, 3.05) is 12.4 Å². The lowest BCUT2D eigenvalue weighted by Crippen LogP contribution is -1.95. The van der Waals surface area contributed by atoms with Crippen molar-refractivity contribution in [3.8, 4) is 0 Å². The van der Waals surface area contributed by atoms with Gasteiger partial charge < -0.3 is 9.73 Å². The molecule has 96 valence electrons. The van der Waals surface area contributed by atoms with Gasteiger partial charge in [0.05, 0.1) is 5.69 Å². The van der Waals surface area contributed by atoms with Gasteiger partial charge in [-0.2, -0.15) is 4.98 Å². The second-order valence-electron chi connectivity index (χ2n) is 4.44. The first-order chi connectivity index (χ1) is 8.72. The molecule has 1 heterocycles. The highest BCUT2D eigenvalue weighted by Gasteiger charge is 2.08. The number of aromatic nitrogens is 1. The Hall–Kier alpha value is -1.77. The van der Waals surface area contributed by atoms with Gasteiger partial charge in [-0.3, -0.25) is 0 Å². The summed E-state index contributed by atoms with van der Waals surface area (Å²) >= 11 is 0. The van der Waals surface area contributed by atoms with Gasteiger partial charge in [0.1, 0.15) is 5.76 Å². The average molecular weight is 244 g/mol. The molecule has 3 nitrogen and oxygen atoms in total. The molecule has 0 atom stereocenters. The van der Waals surface area contributed by atoms with E-state index in [0.717, 1.165) is 30.7 Å². The fourth-order valence-electron chi connectivity index (χ4n) is 1.97. The van der Waals surface area contributed by atoms with Crippen molar-refractivity contribution < 1.29 is 4.42 Å². The molecule has 0 amide bonds. The molecular formula is C15H20N2O. The van der Waals surface area contributed by atoms with Crippen LogP contribution in [0.15, 0.2) is 28.7 Å². The van der Waals surface area contributed by atoms with Crippen LogP contribution in [-0.4, -0.2) is 12.0 Å². The smallest absolute Gasteiger partial charge is 0.294 e. The number of anilines is 1. The van der Waals surface area contributed by atoms with E-state index in [1.807, 2.05) is 14.0 Å². The van der Waals surface area contributed by atoms with Gasteiger partial charge in [0.15, 0.2) is 0 Å². The number of nitrogens with one attached hydrogen (secondary N) is 1. The van der Waals surface area contributed by atoms with Crippen LogP contribution < -0.4 is 5.32 Å². The predicted octanol–water partition coefficient (Wildman–Crippen LogP) is 3.37. The lowest BCUT2D eigenvalue weighted by molar-refractivity contribution is 0.540. The largest absolute Gasteiger partial charge is 0.429 e. The third-order valence-corrected chi connectivity index (χ3v) is 3.19. The molecule has 1 aromatic heterocycles. The van der Waals surface area contributed by atoms with Gasteiger partial charge in [-0.05, 0) is 37.3 Å². The molecule has 0 saturated carbocycles. The molecule has 2 aromatic rings. The standard InChI is InChI=1S/C15H20N2O/c1-4-12-5-7-13(8-6-12)9-10-14-11(2)18-15(16-3)17-14/h5-8H,4,9-10H2,1-3H3,(H,16,17). The highest BCUT2D eigenvalue weighted by Crippen LogP contribution is 2.16. The zero-order chi connectivity index (χ0) is 13.0. The molecule has 0 spiro atoms. The number of hydrogen-bond acceptors (Lipinski definition) is 3. The summed E-state index contributed by atoms with van der Waals surface area (Å²) < 4.78 is 5.47. The van der Waals surface area contributed by atoms with E-state index in [4.69, 9.17) is 4.42 Å². The Morgan fingerprint density at radius 2 is 1.78 bits per heavy atom. The van der Waals surface area contributed by atoms with Gasteiger partial charge in [-0.1, -0.05) is 31.2 Å². The van der Waals surface area contributed by atoms with Gasteiger partial charge in [-0.15, -0.1) is 0 Å². The molecule has 2 rings (SSSR count). The number of aryl methyl sites for hydroxylation is 4. The number of nitrogens with zero attached hydrogens (tertiary/aromatic N) is 1. The van der Waals surface area contributed by atoms with Crippen LogP contribution in [0.1, 0.15) is 29.5 Å². The summed E-state index contributed by atoms with van der Waals surface area (Å²) in [5, 5.41) is 2.92. The summed E-state index contributed by atoms with van der Waals surface area (Å²) in [6, 6.07) is 9.40. The fourth-order valence-corrected chi connectivity index (χ4v) is 1.97. The normalized spacial score (nSPS) is 10.6. The molecule has 3 heteroatoms. The molecular weight excluding hydrogens is 224 g/mol. The average Bonchev–Trinajstić information content (AvgIpc) is 2.77. The Labute approximate surface area is 108 Å². The lowest BCUT2D eigenvalue weighted by atomic mass is 10.0. The molecule has 0 fully saturated rings. The van der Waals surface area contributed by atoms with Crippen molar-refractivity contribution in [2.45, 2.75) is 33.1 Å². The van der Waals surface area contributed by atoms with E-state index in [9.17, 15) is 0 Å². The minimum atomic E-state index is 0.601. The van der Waals surface area contributed by atoms with Crippen LogP contribution in [0.4, 0.5) is 6.01 Å². The molecule has 18 heavy (non-hydrogen) atoms. The summed E-state index contributed by atoms with van der Waals surface area (Å²) in [6.45, 7) is 4.14. The van der Waals surface area contributed by atoms with Crippen LogP contribution in [0, 0.1) is 6.92 Å². The number of oxazole rings is 1. The van der Waals surface area contributed by atoms with Crippen LogP contribution in [0.3, 0.4) is 0 Å². The molecule has 1 aromatic carbocycles. The molecule has 0 aliphatic rings. The molecule has 0 unspecified atom stereocenters. The first-order valence-corrected chi connectivity index (χ1v) is 6.44. The zero-order valence-corrected chi connectivity index (χ0v) is 11.3. The summed E-state index contributed by atoms with van der Waals surface area (Å²) in [5.74, 6) is 0.907. The Balaban J connectivity index is 1.99. The first kappa shape index (κ1) is 12.7. The zero-order valence-electron chi connectivity index (χ0n) is 11.3. The van der Waals surface area contributed by atoms with Gasteiger partial charge in [0.2, 0.25) is 0 Å². The van der Waals surface area contributed by atoms with Crippen LogP contribution in [-0.2, 0) is 19.3 Å². The van der Waals surface area contributed by atoms with Crippen molar-refractivity contribution in [2.24, 2.45) is 0 Å². The molecule has 0 bridgehead atoms. The third kappa shape index (κ3) is 2.92. The molecule has 1 N–H and O–H groups in total. The van der Waals surface area contributed by atoms with Gasteiger partial charge in [0, 0.05) is 7.05 Å². The van der Waals surface area contributed by atoms with E-state index in [2.05, 4.69) is 41.5 Å². The number of hydrogen-bond donors (Lipinski definition) is 1. The van der Waals surface area contributed by atoms with Crippen molar-refractivity contribution >= 4 is 6.01 Å². The second kappa shape index (κ2) is 5.71. The summed E-state index contributed by atoms with van der Waals surface area (Å²) in [7, 11) is 1.82. The fraction of sp³-hybridized carbons (Fsp3) is 0.400. The summed E-state index contributed by atoms with van der Waals surface area (Å²) in [4.78, 5) is 4.40. The molecule has 0 aliphatic carbocycles. The molecule has 0 saturated heterocycles. The Kier molecular flexibility index (Phi) is 4.03. The molecule has 0 radical (unpaired) electrons. The van der Waals surface area contributed by atoms with Crippen molar-refractivity contribution in [1.82, 2.24) is 4.98 Å². The summed E-state index contributed by atoms with van der Waals surface area (Å²) in [5.41, 5.74) is 3.77.